The van der Waals surface area contributed by atoms with Gasteiger partial charge in [-0.15, -0.1) is 0 Å². The fourth-order valence-corrected chi connectivity index (χ4v) is 5.48. The van der Waals surface area contributed by atoms with Crippen LogP contribution in [0.25, 0.3) is 38.1 Å². The average molecular weight is 503 g/mol. The molecule has 0 aliphatic carbocycles. The molecule has 1 aliphatic rings. The molecule has 1 aromatic heterocycles. The molecule has 0 N–H and O–H groups in total. The van der Waals surface area contributed by atoms with E-state index in [1.165, 1.54) is 10.8 Å². The Labute approximate surface area is 220 Å². The van der Waals surface area contributed by atoms with E-state index in [0.717, 1.165) is 32.9 Å². The second kappa shape index (κ2) is 9.03. The largest absolute Gasteiger partial charge is 0.489 e. The third-order valence-corrected chi connectivity index (χ3v) is 7.20. The molecule has 188 valence electrons. The van der Waals surface area contributed by atoms with Crippen molar-refractivity contribution in [1.29, 1.82) is 0 Å². The Morgan fingerprint density at radius 1 is 0.763 bits per heavy atom. The van der Waals surface area contributed by atoms with E-state index in [9.17, 15) is 9.59 Å². The third-order valence-electron chi connectivity index (χ3n) is 7.20. The van der Waals surface area contributed by atoms with Crippen molar-refractivity contribution in [1.82, 2.24) is 0 Å². The molecule has 0 radical (unpaired) electrons. The molecule has 1 saturated heterocycles. The zero-order valence-electron chi connectivity index (χ0n) is 21.7. The van der Waals surface area contributed by atoms with E-state index < -0.39 is 11.9 Å². The number of rotatable bonds is 4. The van der Waals surface area contributed by atoms with Crippen LogP contribution in [0.2, 0.25) is 0 Å². The fourth-order valence-electron chi connectivity index (χ4n) is 5.48. The quantitative estimate of drug-likeness (QED) is 0.108. The van der Waals surface area contributed by atoms with Gasteiger partial charge in [0.2, 0.25) is 0 Å². The molecule has 5 nitrogen and oxygen atoms in total. The summed E-state index contributed by atoms with van der Waals surface area (Å²) in [6.07, 6.45) is 0. The van der Waals surface area contributed by atoms with Gasteiger partial charge < -0.3 is 13.9 Å². The van der Waals surface area contributed by atoms with Crippen LogP contribution in [0.1, 0.15) is 37.7 Å². The van der Waals surface area contributed by atoms with Crippen LogP contribution in [0, 0.1) is 6.92 Å². The standard InChI is InChI=1S/C33H26O5/c1-18(2)29-31(33(35)38-32(29)34)19(3)30-20(4)37-28-14-13-23(16-26(28)30)36-17-27-24-11-7-5-9-21(24)15-22-10-6-8-12-25(22)27/h5-16H,17H2,1-4H3/b31-19+. The highest BCUT2D eigenvalue weighted by Crippen LogP contribution is 2.39. The number of aryl methyl sites for hydroxylation is 1. The molecule has 0 atom stereocenters. The highest BCUT2D eigenvalue weighted by molar-refractivity contribution is 6.22. The predicted molar refractivity (Wildman–Crippen MR) is 149 cm³/mol. The Bertz CT molecular complexity index is 1810. The first-order chi connectivity index (χ1) is 18.3. The molecular weight excluding hydrogens is 476 g/mol. The minimum absolute atomic E-state index is 0.286. The average Bonchev–Trinajstić information content (AvgIpc) is 3.39. The molecule has 5 heteroatoms. The molecule has 0 bridgehead atoms. The number of esters is 2. The number of fused-ring (bicyclic) bond motifs is 3. The van der Waals surface area contributed by atoms with Crippen molar-refractivity contribution in [2.24, 2.45) is 0 Å². The first-order valence-electron chi connectivity index (χ1n) is 12.5. The van der Waals surface area contributed by atoms with Crippen LogP contribution in [-0.2, 0) is 20.9 Å². The smallest absolute Gasteiger partial charge is 0.347 e. The van der Waals surface area contributed by atoms with Crippen molar-refractivity contribution in [3.63, 3.8) is 0 Å². The number of ether oxygens (including phenoxy) is 2. The molecule has 2 heterocycles. The number of carbonyl (C=O) groups excluding carboxylic acids is 2. The van der Waals surface area contributed by atoms with E-state index >= 15 is 0 Å². The summed E-state index contributed by atoms with van der Waals surface area (Å²) < 4.78 is 17.3. The van der Waals surface area contributed by atoms with E-state index in [-0.39, 0.29) is 5.57 Å². The molecule has 5 aromatic rings. The van der Waals surface area contributed by atoms with E-state index in [1.807, 2.05) is 56.3 Å². The summed E-state index contributed by atoms with van der Waals surface area (Å²) in [5.41, 5.74) is 4.54. The maximum absolute atomic E-state index is 12.6. The summed E-state index contributed by atoms with van der Waals surface area (Å²) in [6.45, 7) is 7.66. The predicted octanol–water partition coefficient (Wildman–Crippen LogP) is 7.82. The summed E-state index contributed by atoms with van der Waals surface area (Å²) in [5, 5.41) is 5.47. The van der Waals surface area contributed by atoms with Crippen molar-refractivity contribution < 1.29 is 23.5 Å². The summed E-state index contributed by atoms with van der Waals surface area (Å²) >= 11 is 0. The summed E-state index contributed by atoms with van der Waals surface area (Å²) in [5.74, 6) is 0.0955. The zero-order chi connectivity index (χ0) is 26.6. The van der Waals surface area contributed by atoms with Crippen LogP contribution < -0.4 is 4.74 Å². The lowest BCUT2D eigenvalue weighted by Crippen LogP contribution is -2.00. The van der Waals surface area contributed by atoms with Gasteiger partial charge in [0.1, 0.15) is 23.7 Å². The minimum atomic E-state index is -0.632. The van der Waals surface area contributed by atoms with Gasteiger partial charge in [-0.3, -0.25) is 0 Å². The van der Waals surface area contributed by atoms with Crippen molar-refractivity contribution >= 4 is 50.0 Å². The molecule has 1 aliphatic heterocycles. The first kappa shape index (κ1) is 23.7. The third kappa shape index (κ3) is 3.79. The van der Waals surface area contributed by atoms with Crippen LogP contribution in [0.4, 0.5) is 0 Å². The van der Waals surface area contributed by atoms with Crippen LogP contribution in [0.3, 0.4) is 0 Å². The number of cyclic esters (lactones) is 2. The SMILES string of the molecule is CC(C)=C1C(=O)OC(=O)/C1=C(\C)c1c(C)oc2ccc(OCc3c4ccccc4cc4ccccc34)cc12. The zero-order valence-corrected chi connectivity index (χ0v) is 21.7. The number of carbonyl (C=O) groups is 2. The normalized spacial score (nSPS) is 15.0. The Balaban J connectivity index is 1.44. The molecule has 38 heavy (non-hydrogen) atoms. The lowest BCUT2D eigenvalue weighted by molar-refractivity contribution is -0.149. The van der Waals surface area contributed by atoms with Crippen molar-refractivity contribution in [3.8, 4) is 5.75 Å². The maximum atomic E-state index is 12.6. The second-order valence-corrected chi connectivity index (χ2v) is 9.83. The topological polar surface area (TPSA) is 65.7 Å². The summed E-state index contributed by atoms with van der Waals surface area (Å²) in [6, 6.07) is 24.6. The molecule has 0 amide bonds. The molecule has 0 spiro atoms. The monoisotopic (exact) mass is 502 g/mol. The van der Waals surface area contributed by atoms with Gasteiger partial charge in [0, 0.05) is 16.5 Å². The van der Waals surface area contributed by atoms with Gasteiger partial charge in [-0.1, -0.05) is 54.1 Å². The Hall–Kier alpha value is -4.64. The highest BCUT2D eigenvalue weighted by atomic mass is 16.6. The minimum Gasteiger partial charge on any atom is -0.489 e. The Morgan fingerprint density at radius 3 is 2.05 bits per heavy atom. The number of benzene rings is 4. The molecule has 0 saturated carbocycles. The number of hydrogen-bond acceptors (Lipinski definition) is 5. The van der Waals surface area contributed by atoms with Gasteiger partial charge in [-0.25, -0.2) is 9.59 Å². The van der Waals surface area contributed by atoms with Gasteiger partial charge in [-0.2, -0.15) is 0 Å². The van der Waals surface area contributed by atoms with Crippen molar-refractivity contribution in [2.45, 2.75) is 34.3 Å². The molecule has 4 aromatic carbocycles. The number of hydrogen-bond donors (Lipinski definition) is 0. The van der Waals surface area contributed by atoms with E-state index in [1.54, 1.807) is 13.8 Å². The van der Waals surface area contributed by atoms with Crippen LogP contribution in [0.15, 0.2) is 93.9 Å². The molecule has 6 rings (SSSR count). The van der Waals surface area contributed by atoms with E-state index in [2.05, 4.69) is 30.3 Å². The highest BCUT2D eigenvalue weighted by Gasteiger charge is 2.37. The van der Waals surface area contributed by atoms with Gasteiger partial charge >= 0.3 is 11.9 Å². The van der Waals surface area contributed by atoms with E-state index in [4.69, 9.17) is 13.9 Å². The summed E-state index contributed by atoms with van der Waals surface area (Å²) in [7, 11) is 0. The van der Waals surface area contributed by atoms with Crippen molar-refractivity contribution in [3.05, 3.63) is 106 Å². The molecule has 1 fully saturated rings. The van der Waals surface area contributed by atoms with E-state index in [0.29, 0.717) is 34.8 Å². The van der Waals surface area contributed by atoms with Crippen LogP contribution in [0.5, 0.6) is 5.75 Å². The van der Waals surface area contributed by atoms with Crippen LogP contribution in [-0.4, -0.2) is 11.9 Å². The fraction of sp³-hybridized carbons (Fsp3) is 0.152. The lowest BCUT2D eigenvalue weighted by atomic mass is 9.93. The Morgan fingerprint density at radius 2 is 1.39 bits per heavy atom. The Kier molecular flexibility index (Phi) is 5.64. The second-order valence-electron chi connectivity index (χ2n) is 9.83. The number of furan rings is 1. The van der Waals surface area contributed by atoms with Crippen LogP contribution >= 0.6 is 0 Å². The van der Waals surface area contributed by atoms with Gasteiger partial charge in [0.15, 0.2) is 0 Å². The van der Waals surface area contributed by atoms with Gasteiger partial charge in [0.05, 0.1) is 11.1 Å². The molecule has 0 unspecified atom stereocenters. The van der Waals surface area contributed by atoms with Gasteiger partial charge in [-0.05, 0) is 79.1 Å². The maximum Gasteiger partial charge on any atom is 0.347 e. The lowest BCUT2D eigenvalue weighted by Gasteiger charge is -2.13. The van der Waals surface area contributed by atoms with Gasteiger partial charge in [0.25, 0.3) is 0 Å². The summed E-state index contributed by atoms with van der Waals surface area (Å²) in [4.78, 5) is 25.0. The number of allylic oxidation sites excluding steroid dienone is 2. The molecular formula is C33H26O5. The first-order valence-corrected chi connectivity index (χ1v) is 12.5. The van der Waals surface area contributed by atoms with Crippen molar-refractivity contribution in [2.75, 3.05) is 0 Å².